The third kappa shape index (κ3) is 5.39. The van der Waals surface area contributed by atoms with Gasteiger partial charge in [-0.2, -0.15) is 0 Å². The Kier molecular flexibility index (Phi) is 7.71. The molecule has 1 aliphatic rings. The van der Waals surface area contributed by atoms with E-state index < -0.39 is 0 Å². The van der Waals surface area contributed by atoms with E-state index in [9.17, 15) is 9.60 Å². The number of hydrogen-bond acceptors (Lipinski definition) is 5. The van der Waals surface area contributed by atoms with Gasteiger partial charge in [0.25, 0.3) is 0 Å². The molecule has 29 heavy (non-hydrogen) atoms. The molecular weight excluding hydrogens is 486 g/mol. The number of nitrogens with zero attached hydrogens (tertiary/aromatic N) is 2. The van der Waals surface area contributed by atoms with Crippen LogP contribution in [-0.2, 0) is 6.42 Å². The summed E-state index contributed by atoms with van der Waals surface area (Å²) < 4.78 is 25.2. The van der Waals surface area contributed by atoms with E-state index in [4.69, 9.17) is 9.47 Å². The maximum atomic E-state index is 13.2. The molecule has 2 aromatic rings. The van der Waals surface area contributed by atoms with Gasteiger partial charge in [-0.3, -0.25) is 0 Å². The highest BCUT2D eigenvalue weighted by atomic mass is 127. The zero-order chi connectivity index (χ0) is 20.8. The van der Waals surface area contributed by atoms with Crippen molar-refractivity contribution in [3.63, 3.8) is 0 Å². The van der Waals surface area contributed by atoms with Crippen LogP contribution >= 0.6 is 22.6 Å². The number of ether oxygens (including phenoxy) is 2. The van der Waals surface area contributed by atoms with Crippen molar-refractivity contribution in [3.8, 4) is 11.5 Å². The minimum Gasteiger partial charge on any atom is -0.496 e. The standard InChI is InChI=1S/C22H26FIN2O3/c1-28-20-14-19(24)21(29-2)13-17(20)9-12-26-10-7-16(8-11-26)22(25-27)15-3-5-18(23)6-4-15/h3-6,13-14,16,27H,7-12H2,1-2H3/b25-22+. The first kappa shape index (κ1) is 21.8. The first-order chi connectivity index (χ1) is 14.0. The van der Waals surface area contributed by atoms with Gasteiger partial charge in [-0.15, -0.1) is 0 Å². The SMILES string of the molecule is COc1cc(CCN2CCC(/C(=N/O)c3ccc(F)cc3)CC2)c(OC)cc1I. The maximum absolute atomic E-state index is 13.2. The normalized spacial score (nSPS) is 16.1. The van der Waals surface area contributed by atoms with Crippen LogP contribution in [0.1, 0.15) is 24.0 Å². The van der Waals surface area contributed by atoms with Crippen LogP contribution in [0.2, 0.25) is 0 Å². The van der Waals surface area contributed by atoms with Crippen molar-refractivity contribution in [2.45, 2.75) is 19.3 Å². The van der Waals surface area contributed by atoms with Crippen molar-refractivity contribution in [3.05, 3.63) is 56.9 Å². The molecule has 1 fully saturated rings. The molecule has 156 valence electrons. The highest BCUT2D eigenvalue weighted by Gasteiger charge is 2.25. The summed E-state index contributed by atoms with van der Waals surface area (Å²) in [6, 6.07) is 10.2. The van der Waals surface area contributed by atoms with Gasteiger partial charge in [-0.25, -0.2) is 4.39 Å². The monoisotopic (exact) mass is 512 g/mol. The molecule has 1 N–H and O–H groups in total. The van der Waals surface area contributed by atoms with Gasteiger partial charge >= 0.3 is 0 Å². The molecule has 0 saturated carbocycles. The Hall–Kier alpha value is -1.87. The van der Waals surface area contributed by atoms with E-state index in [0.717, 1.165) is 65.1 Å². The first-order valence-corrected chi connectivity index (χ1v) is 10.7. The Balaban J connectivity index is 1.58. The smallest absolute Gasteiger partial charge is 0.132 e. The number of benzene rings is 2. The highest BCUT2D eigenvalue weighted by Crippen LogP contribution is 2.31. The summed E-state index contributed by atoms with van der Waals surface area (Å²) >= 11 is 2.25. The summed E-state index contributed by atoms with van der Waals surface area (Å²) in [5.74, 6) is 1.64. The first-order valence-electron chi connectivity index (χ1n) is 9.66. The Morgan fingerprint density at radius 3 is 2.38 bits per heavy atom. The van der Waals surface area contributed by atoms with E-state index in [1.54, 1.807) is 26.4 Å². The summed E-state index contributed by atoms with van der Waals surface area (Å²) in [5, 5.41) is 13.0. The Labute approximate surface area is 184 Å². The number of piperidine rings is 1. The number of oxime groups is 1. The molecule has 1 heterocycles. The minimum atomic E-state index is -0.288. The second-order valence-corrected chi connectivity index (χ2v) is 8.32. The van der Waals surface area contributed by atoms with Crippen LogP contribution in [0.4, 0.5) is 4.39 Å². The molecule has 1 aliphatic heterocycles. The molecule has 3 rings (SSSR count). The van der Waals surface area contributed by atoms with Crippen molar-refractivity contribution < 1.29 is 19.1 Å². The van der Waals surface area contributed by atoms with Crippen LogP contribution < -0.4 is 9.47 Å². The molecule has 0 amide bonds. The maximum Gasteiger partial charge on any atom is 0.132 e. The van der Waals surface area contributed by atoms with Gasteiger partial charge in [-0.05, 0) is 90.3 Å². The molecule has 0 aromatic heterocycles. The number of halogens is 2. The van der Waals surface area contributed by atoms with E-state index in [1.165, 1.54) is 12.1 Å². The fourth-order valence-corrected chi connectivity index (χ4v) is 4.48. The molecule has 0 atom stereocenters. The molecule has 0 aliphatic carbocycles. The van der Waals surface area contributed by atoms with Gasteiger partial charge in [0, 0.05) is 12.5 Å². The summed E-state index contributed by atoms with van der Waals surface area (Å²) in [4.78, 5) is 2.42. The third-order valence-electron chi connectivity index (χ3n) is 5.47. The van der Waals surface area contributed by atoms with Gasteiger partial charge in [0.15, 0.2) is 0 Å². The average Bonchev–Trinajstić information content (AvgIpc) is 2.75. The second-order valence-electron chi connectivity index (χ2n) is 7.16. The quantitative estimate of drug-likeness (QED) is 0.256. The van der Waals surface area contributed by atoms with E-state index in [1.807, 2.05) is 6.07 Å². The van der Waals surface area contributed by atoms with Gasteiger partial charge in [-0.1, -0.05) is 17.3 Å². The Morgan fingerprint density at radius 2 is 1.79 bits per heavy atom. The van der Waals surface area contributed by atoms with E-state index in [0.29, 0.717) is 5.71 Å². The van der Waals surface area contributed by atoms with Gasteiger partial charge in [0.1, 0.15) is 17.3 Å². The van der Waals surface area contributed by atoms with E-state index in [2.05, 4.69) is 38.7 Å². The van der Waals surface area contributed by atoms with Gasteiger partial charge in [0.2, 0.25) is 0 Å². The van der Waals surface area contributed by atoms with Crippen molar-refractivity contribution in [2.24, 2.45) is 11.1 Å². The molecule has 0 radical (unpaired) electrons. The fourth-order valence-electron chi connectivity index (χ4n) is 3.82. The van der Waals surface area contributed by atoms with E-state index >= 15 is 0 Å². The zero-order valence-electron chi connectivity index (χ0n) is 16.7. The third-order valence-corrected chi connectivity index (χ3v) is 6.32. The van der Waals surface area contributed by atoms with Crippen molar-refractivity contribution >= 4 is 28.3 Å². The molecule has 0 bridgehead atoms. The molecule has 7 heteroatoms. The highest BCUT2D eigenvalue weighted by molar-refractivity contribution is 14.1. The van der Waals surface area contributed by atoms with Gasteiger partial charge in [0.05, 0.1) is 23.5 Å². The van der Waals surface area contributed by atoms with Crippen molar-refractivity contribution in [1.29, 1.82) is 0 Å². The molecule has 5 nitrogen and oxygen atoms in total. The van der Waals surface area contributed by atoms with Crippen LogP contribution in [-0.4, -0.2) is 49.7 Å². The molecular formula is C22H26FIN2O3. The van der Waals surface area contributed by atoms with Crippen LogP contribution in [0.25, 0.3) is 0 Å². The molecule has 0 spiro atoms. The lowest BCUT2D eigenvalue weighted by Crippen LogP contribution is -2.37. The lowest BCUT2D eigenvalue weighted by molar-refractivity contribution is 0.208. The summed E-state index contributed by atoms with van der Waals surface area (Å²) in [7, 11) is 3.37. The van der Waals surface area contributed by atoms with Crippen LogP contribution in [0.5, 0.6) is 11.5 Å². The topological polar surface area (TPSA) is 54.3 Å². The number of hydrogen-bond donors (Lipinski definition) is 1. The molecule has 1 saturated heterocycles. The number of rotatable bonds is 7. The van der Waals surface area contributed by atoms with Crippen LogP contribution in [0, 0.1) is 15.3 Å². The number of methoxy groups -OCH3 is 2. The number of likely N-dealkylation sites (tertiary alicyclic amines) is 1. The lowest BCUT2D eigenvalue weighted by Gasteiger charge is -2.32. The Bertz CT molecular complexity index is 850. The lowest BCUT2D eigenvalue weighted by atomic mass is 9.88. The van der Waals surface area contributed by atoms with Crippen molar-refractivity contribution in [2.75, 3.05) is 33.9 Å². The minimum absolute atomic E-state index is 0.176. The summed E-state index contributed by atoms with van der Waals surface area (Å²) in [6.45, 7) is 2.78. The van der Waals surface area contributed by atoms with Crippen molar-refractivity contribution in [1.82, 2.24) is 4.90 Å². The second kappa shape index (κ2) is 10.2. The largest absolute Gasteiger partial charge is 0.496 e. The fraction of sp³-hybridized carbons (Fsp3) is 0.409. The predicted octanol–water partition coefficient (Wildman–Crippen LogP) is 4.58. The average molecular weight is 512 g/mol. The molecule has 2 aromatic carbocycles. The summed E-state index contributed by atoms with van der Waals surface area (Å²) in [6.07, 6.45) is 2.69. The van der Waals surface area contributed by atoms with E-state index in [-0.39, 0.29) is 11.7 Å². The summed E-state index contributed by atoms with van der Waals surface area (Å²) in [5.41, 5.74) is 2.56. The van der Waals surface area contributed by atoms with Crippen LogP contribution in [0.3, 0.4) is 0 Å². The van der Waals surface area contributed by atoms with Gasteiger partial charge < -0.3 is 19.6 Å². The van der Waals surface area contributed by atoms with Crippen LogP contribution in [0.15, 0.2) is 41.6 Å². The molecule has 0 unspecified atom stereocenters. The predicted molar refractivity (Wildman–Crippen MR) is 120 cm³/mol. The zero-order valence-corrected chi connectivity index (χ0v) is 18.9. The Morgan fingerprint density at radius 1 is 1.14 bits per heavy atom.